The fourth-order valence-electron chi connectivity index (χ4n) is 2.52. The van der Waals surface area contributed by atoms with E-state index >= 15 is 0 Å². The van der Waals surface area contributed by atoms with Gasteiger partial charge >= 0.3 is 0 Å². The second-order valence-electron chi connectivity index (χ2n) is 5.11. The van der Waals surface area contributed by atoms with Crippen LogP contribution < -0.4 is 10.5 Å². The first-order chi connectivity index (χ1) is 9.17. The molecule has 104 valence electrons. The lowest BCUT2D eigenvalue weighted by Gasteiger charge is -2.28. The molecule has 1 aliphatic carbocycles. The third-order valence-electron chi connectivity index (χ3n) is 3.53. The summed E-state index contributed by atoms with van der Waals surface area (Å²) in [6.45, 7) is 0. The van der Waals surface area contributed by atoms with Gasteiger partial charge in [0.05, 0.1) is 11.9 Å². The zero-order chi connectivity index (χ0) is 13.7. The standard InChI is InChI=1S/C15H22N2O2/c1-18-13-3-2-4-14(10-13)19-12-7-5-11(6-8-12)9-15(16)17/h5-8,13-14H,2-4,9-10H2,1H3,(H3,16,17). The van der Waals surface area contributed by atoms with Gasteiger partial charge in [-0.3, -0.25) is 5.41 Å². The van der Waals surface area contributed by atoms with Gasteiger partial charge in [-0.05, 0) is 37.0 Å². The van der Waals surface area contributed by atoms with Crippen LogP contribution in [0.5, 0.6) is 5.75 Å². The number of amidine groups is 1. The molecular weight excluding hydrogens is 240 g/mol. The van der Waals surface area contributed by atoms with E-state index in [1.807, 2.05) is 24.3 Å². The van der Waals surface area contributed by atoms with Crippen molar-refractivity contribution in [2.75, 3.05) is 7.11 Å². The second-order valence-corrected chi connectivity index (χ2v) is 5.11. The van der Waals surface area contributed by atoms with E-state index in [9.17, 15) is 0 Å². The molecule has 1 aromatic carbocycles. The summed E-state index contributed by atoms with van der Waals surface area (Å²) in [5.41, 5.74) is 6.42. The van der Waals surface area contributed by atoms with Gasteiger partial charge in [0.2, 0.25) is 0 Å². The zero-order valence-electron chi connectivity index (χ0n) is 11.4. The number of hydrogen-bond donors (Lipinski definition) is 2. The van der Waals surface area contributed by atoms with Gasteiger partial charge < -0.3 is 15.2 Å². The molecular formula is C15H22N2O2. The average molecular weight is 262 g/mol. The Bertz CT molecular complexity index is 417. The van der Waals surface area contributed by atoms with Gasteiger partial charge in [-0.2, -0.15) is 0 Å². The third kappa shape index (κ3) is 4.24. The van der Waals surface area contributed by atoms with Crippen LogP contribution in [-0.2, 0) is 11.2 Å². The van der Waals surface area contributed by atoms with Crippen molar-refractivity contribution in [3.05, 3.63) is 29.8 Å². The molecule has 1 aliphatic rings. The monoisotopic (exact) mass is 262 g/mol. The Hall–Kier alpha value is -1.55. The first-order valence-electron chi connectivity index (χ1n) is 6.78. The molecule has 0 radical (unpaired) electrons. The van der Waals surface area contributed by atoms with Gasteiger partial charge in [0, 0.05) is 20.0 Å². The second kappa shape index (κ2) is 6.57. The van der Waals surface area contributed by atoms with Crippen LogP contribution in [0.1, 0.15) is 31.2 Å². The van der Waals surface area contributed by atoms with Gasteiger partial charge in [-0.25, -0.2) is 0 Å². The van der Waals surface area contributed by atoms with Crippen molar-refractivity contribution < 1.29 is 9.47 Å². The Morgan fingerprint density at radius 3 is 2.58 bits per heavy atom. The smallest absolute Gasteiger partial charge is 0.119 e. The number of benzene rings is 1. The molecule has 0 spiro atoms. The van der Waals surface area contributed by atoms with Crippen LogP contribution >= 0.6 is 0 Å². The van der Waals surface area contributed by atoms with E-state index in [2.05, 4.69) is 0 Å². The lowest BCUT2D eigenvalue weighted by molar-refractivity contribution is 0.0209. The maximum Gasteiger partial charge on any atom is 0.119 e. The lowest BCUT2D eigenvalue weighted by Crippen LogP contribution is -2.29. The molecule has 3 N–H and O–H groups in total. The molecule has 0 heterocycles. The number of nitrogens with one attached hydrogen (secondary N) is 1. The van der Waals surface area contributed by atoms with Gasteiger partial charge in [-0.1, -0.05) is 12.1 Å². The van der Waals surface area contributed by atoms with Crippen molar-refractivity contribution >= 4 is 5.84 Å². The summed E-state index contributed by atoms with van der Waals surface area (Å²) in [6.07, 6.45) is 5.42. The zero-order valence-corrected chi connectivity index (χ0v) is 11.4. The Morgan fingerprint density at radius 1 is 1.26 bits per heavy atom. The summed E-state index contributed by atoms with van der Waals surface area (Å²) in [6, 6.07) is 7.84. The fourth-order valence-corrected chi connectivity index (χ4v) is 2.52. The molecule has 0 saturated heterocycles. The first kappa shape index (κ1) is 13.9. The van der Waals surface area contributed by atoms with Gasteiger partial charge in [0.25, 0.3) is 0 Å². The highest BCUT2D eigenvalue weighted by Crippen LogP contribution is 2.25. The van der Waals surface area contributed by atoms with Crippen molar-refractivity contribution in [2.24, 2.45) is 5.73 Å². The Labute approximate surface area is 114 Å². The van der Waals surface area contributed by atoms with E-state index in [0.717, 1.165) is 37.0 Å². The van der Waals surface area contributed by atoms with Crippen LogP contribution in [0.15, 0.2) is 24.3 Å². The topological polar surface area (TPSA) is 68.3 Å². The van der Waals surface area contributed by atoms with E-state index in [1.54, 1.807) is 7.11 Å². The molecule has 4 heteroatoms. The molecule has 4 nitrogen and oxygen atoms in total. The minimum atomic E-state index is 0.184. The quantitative estimate of drug-likeness (QED) is 0.633. The highest BCUT2D eigenvalue weighted by molar-refractivity contribution is 5.79. The lowest BCUT2D eigenvalue weighted by atomic mass is 9.95. The molecule has 0 amide bonds. The highest BCUT2D eigenvalue weighted by Gasteiger charge is 2.22. The summed E-state index contributed by atoms with van der Waals surface area (Å²) in [5, 5.41) is 7.27. The Morgan fingerprint density at radius 2 is 1.95 bits per heavy atom. The first-order valence-corrected chi connectivity index (χ1v) is 6.78. The summed E-state index contributed by atoms with van der Waals surface area (Å²) < 4.78 is 11.4. The maximum absolute atomic E-state index is 7.27. The van der Waals surface area contributed by atoms with Crippen molar-refractivity contribution in [1.82, 2.24) is 0 Å². The molecule has 0 bridgehead atoms. The van der Waals surface area contributed by atoms with Crippen LogP contribution in [0.2, 0.25) is 0 Å². The van der Waals surface area contributed by atoms with E-state index in [1.165, 1.54) is 0 Å². The van der Waals surface area contributed by atoms with E-state index < -0.39 is 0 Å². The summed E-state index contributed by atoms with van der Waals surface area (Å²) in [5.74, 6) is 1.07. The van der Waals surface area contributed by atoms with E-state index in [0.29, 0.717) is 12.5 Å². The highest BCUT2D eigenvalue weighted by atomic mass is 16.5. The molecule has 0 aliphatic heterocycles. The molecule has 2 unspecified atom stereocenters. The normalized spacial score (nSPS) is 23.0. The van der Waals surface area contributed by atoms with Crippen molar-refractivity contribution in [3.63, 3.8) is 0 Å². The molecule has 0 aromatic heterocycles. The van der Waals surface area contributed by atoms with Crippen LogP contribution in [0, 0.1) is 5.41 Å². The summed E-state index contributed by atoms with van der Waals surface area (Å²) >= 11 is 0. The number of nitrogens with two attached hydrogens (primary N) is 1. The number of methoxy groups -OCH3 is 1. The predicted octanol–water partition coefficient (Wildman–Crippen LogP) is 2.50. The van der Waals surface area contributed by atoms with Crippen LogP contribution in [0.25, 0.3) is 0 Å². The fraction of sp³-hybridized carbons (Fsp3) is 0.533. The molecule has 1 saturated carbocycles. The Balaban J connectivity index is 1.90. The van der Waals surface area contributed by atoms with Gasteiger partial charge in [0.15, 0.2) is 0 Å². The average Bonchev–Trinajstić information content (AvgIpc) is 2.41. The minimum Gasteiger partial charge on any atom is -0.490 e. The summed E-state index contributed by atoms with van der Waals surface area (Å²) in [4.78, 5) is 0. The van der Waals surface area contributed by atoms with Crippen LogP contribution in [0.4, 0.5) is 0 Å². The molecule has 2 atom stereocenters. The van der Waals surface area contributed by atoms with Crippen molar-refractivity contribution in [2.45, 2.75) is 44.3 Å². The number of hydrogen-bond acceptors (Lipinski definition) is 3. The largest absolute Gasteiger partial charge is 0.490 e. The van der Waals surface area contributed by atoms with E-state index in [4.69, 9.17) is 20.6 Å². The number of ether oxygens (including phenoxy) is 2. The summed E-state index contributed by atoms with van der Waals surface area (Å²) in [7, 11) is 1.77. The van der Waals surface area contributed by atoms with Crippen LogP contribution in [0.3, 0.4) is 0 Å². The Kier molecular flexibility index (Phi) is 4.80. The predicted molar refractivity (Wildman–Crippen MR) is 75.7 cm³/mol. The van der Waals surface area contributed by atoms with Gasteiger partial charge in [-0.15, -0.1) is 0 Å². The molecule has 2 rings (SSSR count). The SMILES string of the molecule is COC1CCCC(Oc2ccc(CC(=N)N)cc2)C1. The maximum atomic E-state index is 7.27. The van der Waals surface area contributed by atoms with Crippen molar-refractivity contribution in [1.29, 1.82) is 5.41 Å². The molecule has 1 fully saturated rings. The third-order valence-corrected chi connectivity index (χ3v) is 3.53. The molecule has 1 aromatic rings. The minimum absolute atomic E-state index is 0.184. The van der Waals surface area contributed by atoms with Crippen LogP contribution in [-0.4, -0.2) is 25.2 Å². The number of rotatable bonds is 5. The van der Waals surface area contributed by atoms with Crippen molar-refractivity contribution in [3.8, 4) is 5.75 Å². The van der Waals surface area contributed by atoms with E-state index in [-0.39, 0.29) is 11.9 Å². The van der Waals surface area contributed by atoms with Gasteiger partial charge in [0.1, 0.15) is 11.9 Å². The molecule has 19 heavy (non-hydrogen) atoms.